The molecule has 94 valence electrons. The van der Waals surface area contributed by atoms with Gasteiger partial charge in [-0.1, -0.05) is 24.4 Å². The van der Waals surface area contributed by atoms with E-state index in [1.807, 2.05) is 12.1 Å². The van der Waals surface area contributed by atoms with E-state index < -0.39 is 5.54 Å². The lowest BCUT2D eigenvalue weighted by atomic mass is 9.82. The molecule has 5 nitrogen and oxygen atoms in total. The molecule has 0 unspecified atom stereocenters. The third-order valence-electron chi connectivity index (χ3n) is 3.54. The van der Waals surface area contributed by atoms with Crippen molar-refractivity contribution in [2.75, 3.05) is 0 Å². The molecule has 0 atom stereocenters. The topological polar surface area (TPSA) is 77.8 Å². The zero-order chi connectivity index (χ0) is 12.4. The summed E-state index contributed by atoms with van der Waals surface area (Å²) in [5, 5.41) is 4.01. The van der Waals surface area contributed by atoms with Crippen molar-refractivity contribution in [3.05, 3.63) is 30.4 Å². The second kappa shape index (κ2) is 4.49. The molecule has 3 rings (SSSR count). The SMILES string of the molecule is NC1(c2nc(-c3ccncc3)no2)CCCCC1. The summed E-state index contributed by atoms with van der Waals surface area (Å²) in [5.74, 6) is 1.15. The highest BCUT2D eigenvalue weighted by molar-refractivity contribution is 5.52. The number of nitrogens with zero attached hydrogens (tertiary/aromatic N) is 3. The molecule has 2 aromatic heterocycles. The Morgan fingerprint density at radius 2 is 1.83 bits per heavy atom. The molecule has 0 bridgehead atoms. The fraction of sp³-hybridized carbons (Fsp3) is 0.462. The summed E-state index contributed by atoms with van der Waals surface area (Å²) < 4.78 is 5.36. The van der Waals surface area contributed by atoms with Crippen LogP contribution in [0.2, 0.25) is 0 Å². The fourth-order valence-electron chi connectivity index (χ4n) is 2.44. The van der Waals surface area contributed by atoms with Gasteiger partial charge in [-0.2, -0.15) is 4.98 Å². The third-order valence-corrected chi connectivity index (χ3v) is 3.54. The highest BCUT2D eigenvalue weighted by Crippen LogP contribution is 2.34. The summed E-state index contributed by atoms with van der Waals surface area (Å²) in [5.41, 5.74) is 6.83. The molecule has 0 aromatic carbocycles. The Bertz CT molecular complexity index is 517. The Hall–Kier alpha value is -1.75. The van der Waals surface area contributed by atoms with E-state index in [1.165, 1.54) is 6.42 Å². The largest absolute Gasteiger partial charge is 0.337 e. The van der Waals surface area contributed by atoms with Gasteiger partial charge in [0, 0.05) is 18.0 Å². The van der Waals surface area contributed by atoms with Crippen LogP contribution in [0.4, 0.5) is 0 Å². The lowest BCUT2D eigenvalue weighted by Gasteiger charge is -2.29. The van der Waals surface area contributed by atoms with Crippen LogP contribution < -0.4 is 5.73 Å². The second-order valence-corrected chi connectivity index (χ2v) is 4.88. The van der Waals surface area contributed by atoms with E-state index in [0.29, 0.717) is 11.7 Å². The smallest absolute Gasteiger partial charge is 0.247 e. The van der Waals surface area contributed by atoms with Crippen LogP contribution in [0.25, 0.3) is 11.4 Å². The van der Waals surface area contributed by atoms with Gasteiger partial charge in [0.05, 0.1) is 5.54 Å². The first-order chi connectivity index (χ1) is 8.78. The summed E-state index contributed by atoms with van der Waals surface area (Å²) in [6.45, 7) is 0. The van der Waals surface area contributed by atoms with E-state index >= 15 is 0 Å². The van der Waals surface area contributed by atoms with E-state index in [0.717, 1.165) is 31.2 Å². The highest BCUT2D eigenvalue weighted by Gasteiger charge is 2.35. The standard InChI is InChI=1S/C13H16N4O/c14-13(6-2-1-3-7-13)12-16-11(17-18-12)10-4-8-15-9-5-10/h4-5,8-9H,1-3,6-7,14H2. The van der Waals surface area contributed by atoms with Gasteiger partial charge in [-0.3, -0.25) is 4.98 Å². The molecule has 1 fully saturated rings. The minimum Gasteiger partial charge on any atom is -0.337 e. The van der Waals surface area contributed by atoms with Gasteiger partial charge in [-0.15, -0.1) is 0 Å². The summed E-state index contributed by atoms with van der Waals surface area (Å²) in [7, 11) is 0. The monoisotopic (exact) mass is 244 g/mol. The molecule has 0 amide bonds. The van der Waals surface area contributed by atoms with Gasteiger partial charge in [-0.05, 0) is 25.0 Å². The Balaban J connectivity index is 1.89. The van der Waals surface area contributed by atoms with Crippen LogP contribution in [0.1, 0.15) is 38.0 Å². The molecule has 0 radical (unpaired) electrons. The number of aromatic nitrogens is 3. The molecule has 2 aromatic rings. The number of rotatable bonds is 2. The quantitative estimate of drug-likeness (QED) is 0.876. The number of hydrogen-bond donors (Lipinski definition) is 1. The van der Waals surface area contributed by atoms with Crippen LogP contribution in [-0.2, 0) is 5.54 Å². The van der Waals surface area contributed by atoms with Crippen LogP contribution in [0.15, 0.2) is 29.0 Å². The van der Waals surface area contributed by atoms with Gasteiger partial charge in [0.1, 0.15) is 0 Å². The molecule has 2 heterocycles. The summed E-state index contributed by atoms with van der Waals surface area (Å²) >= 11 is 0. The third kappa shape index (κ3) is 2.01. The summed E-state index contributed by atoms with van der Waals surface area (Å²) in [6, 6.07) is 3.72. The molecule has 5 heteroatoms. The molecule has 1 aliphatic carbocycles. The van der Waals surface area contributed by atoms with Crippen molar-refractivity contribution >= 4 is 0 Å². The van der Waals surface area contributed by atoms with Gasteiger partial charge < -0.3 is 10.3 Å². The van der Waals surface area contributed by atoms with Crippen molar-refractivity contribution in [1.82, 2.24) is 15.1 Å². The summed E-state index contributed by atoms with van der Waals surface area (Å²) in [6.07, 6.45) is 8.77. The van der Waals surface area contributed by atoms with E-state index in [9.17, 15) is 0 Å². The van der Waals surface area contributed by atoms with Gasteiger partial charge in [0.15, 0.2) is 0 Å². The molecule has 2 N–H and O–H groups in total. The predicted molar refractivity (Wildman–Crippen MR) is 66.5 cm³/mol. The maximum Gasteiger partial charge on any atom is 0.247 e. The average Bonchev–Trinajstić information content (AvgIpc) is 2.91. The fourth-order valence-corrected chi connectivity index (χ4v) is 2.44. The average molecular weight is 244 g/mol. The molecule has 1 aliphatic rings. The number of nitrogens with two attached hydrogens (primary N) is 1. The number of hydrogen-bond acceptors (Lipinski definition) is 5. The van der Waals surface area contributed by atoms with E-state index in [1.54, 1.807) is 12.4 Å². The molecular formula is C13H16N4O. The molecule has 1 saturated carbocycles. The van der Waals surface area contributed by atoms with E-state index in [4.69, 9.17) is 10.3 Å². The van der Waals surface area contributed by atoms with Crippen LogP contribution in [0.5, 0.6) is 0 Å². The Morgan fingerprint density at radius 3 is 2.56 bits per heavy atom. The van der Waals surface area contributed by atoms with Gasteiger partial charge in [0.2, 0.25) is 11.7 Å². The lowest BCUT2D eigenvalue weighted by Crippen LogP contribution is -2.38. The Labute approximate surface area is 105 Å². The first-order valence-corrected chi connectivity index (χ1v) is 6.31. The minimum atomic E-state index is -0.434. The zero-order valence-electron chi connectivity index (χ0n) is 10.2. The van der Waals surface area contributed by atoms with Crippen molar-refractivity contribution in [3.63, 3.8) is 0 Å². The highest BCUT2D eigenvalue weighted by atomic mass is 16.5. The normalized spacial score (nSPS) is 18.7. The molecular weight excluding hydrogens is 228 g/mol. The zero-order valence-corrected chi connectivity index (χ0v) is 10.2. The maximum absolute atomic E-state index is 6.36. The van der Waals surface area contributed by atoms with Crippen LogP contribution in [-0.4, -0.2) is 15.1 Å². The Kier molecular flexibility index (Phi) is 2.83. The van der Waals surface area contributed by atoms with E-state index in [-0.39, 0.29) is 0 Å². The number of pyridine rings is 1. The summed E-state index contributed by atoms with van der Waals surface area (Å²) in [4.78, 5) is 8.42. The second-order valence-electron chi connectivity index (χ2n) is 4.88. The first-order valence-electron chi connectivity index (χ1n) is 6.31. The van der Waals surface area contributed by atoms with Crippen LogP contribution in [0.3, 0.4) is 0 Å². The Morgan fingerprint density at radius 1 is 1.11 bits per heavy atom. The van der Waals surface area contributed by atoms with Crippen LogP contribution in [0, 0.1) is 0 Å². The van der Waals surface area contributed by atoms with Gasteiger partial charge >= 0.3 is 0 Å². The van der Waals surface area contributed by atoms with Crippen molar-refractivity contribution in [2.24, 2.45) is 5.73 Å². The molecule has 0 aliphatic heterocycles. The minimum absolute atomic E-state index is 0.434. The van der Waals surface area contributed by atoms with Gasteiger partial charge in [0.25, 0.3) is 0 Å². The first kappa shape index (κ1) is 11.3. The van der Waals surface area contributed by atoms with Crippen LogP contribution >= 0.6 is 0 Å². The predicted octanol–water partition coefficient (Wildman–Crippen LogP) is 2.25. The van der Waals surface area contributed by atoms with Crippen molar-refractivity contribution in [3.8, 4) is 11.4 Å². The van der Waals surface area contributed by atoms with Gasteiger partial charge in [-0.25, -0.2) is 0 Å². The maximum atomic E-state index is 6.36. The molecule has 0 saturated heterocycles. The van der Waals surface area contributed by atoms with Crippen molar-refractivity contribution in [2.45, 2.75) is 37.6 Å². The van der Waals surface area contributed by atoms with Crippen molar-refractivity contribution in [1.29, 1.82) is 0 Å². The lowest BCUT2D eigenvalue weighted by molar-refractivity contribution is 0.220. The molecule has 0 spiro atoms. The van der Waals surface area contributed by atoms with E-state index in [2.05, 4.69) is 15.1 Å². The molecule has 18 heavy (non-hydrogen) atoms. The van der Waals surface area contributed by atoms with Crippen molar-refractivity contribution < 1.29 is 4.52 Å².